The molecular formula is C22H25N5O3S. The summed E-state index contributed by atoms with van der Waals surface area (Å²) in [6, 6.07) is 7.66. The van der Waals surface area contributed by atoms with Crippen LogP contribution in [0.15, 0.2) is 36.7 Å². The first-order chi connectivity index (χ1) is 15.0. The Morgan fingerprint density at radius 1 is 1.26 bits per heavy atom. The van der Waals surface area contributed by atoms with Gasteiger partial charge in [0.05, 0.1) is 30.4 Å². The quantitative estimate of drug-likeness (QED) is 0.625. The summed E-state index contributed by atoms with van der Waals surface area (Å²) in [5.41, 5.74) is 2.75. The molecule has 0 unspecified atom stereocenters. The fourth-order valence-corrected chi connectivity index (χ4v) is 4.59. The Kier molecular flexibility index (Phi) is 6.13. The molecule has 9 heteroatoms. The third kappa shape index (κ3) is 4.36. The average Bonchev–Trinajstić information content (AvgIpc) is 2.97. The molecule has 1 amide bonds. The van der Waals surface area contributed by atoms with Crippen molar-refractivity contribution in [1.82, 2.24) is 19.7 Å². The number of carbonyl (C=O) groups is 1. The van der Waals surface area contributed by atoms with E-state index in [1.54, 1.807) is 42.0 Å². The Morgan fingerprint density at radius 2 is 2.03 bits per heavy atom. The van der Waals surface area contributed by atoms with Gasteiger partial charge in [0.25, 0.3) is 5.95 Å². The van der Waals surface area contributed by atoms with Crippen molar-refractivity contribution in [3.63, 3.8) is 0 Å². The lowest BCUT2D eigenvalue weighted by atomic mass is 10.0. The van der Waals surface area contributed by atoms with Gasteiger partial charge in [-0.15, -0.1) is 11.8 Å². The number of nitrogens with one attached hydrogen (secondary N) is 1. The molecule has 162 valence electrons. The number of hydrogen-bond donors (Lipinski definition) is 1. The molecule has 0 spiro atoms. The van der Waals surface area contributed by atoms with Crippen LogP contribution >= 0.6 is 11.8 Å². The number of nitrogens with zero attached hydrogens (tertiary/aromatic N) is 4. The van der Waals surface area contributed by atoms with Gasteiger partial charge in [-0.25, -0.2) is 9.97 Å². The number of hydrogen-bond acceptors (Lipinski definition) is 7. The van der Waals surface area contributed by atoms with Gasteiger partial charge in [-0.2, -0.15) is 9.78 Å². The number of amides is 1. The standard InChI is InChI=1S/C22H25N5O3S/c1-13(2)11-30-16-7-6-15(10-17(16)29-4)20-19-14(3)26-27(22-23-8-5-9-24-22)21(19)25-18(28)12-31-20/h5-10,13,20H,11-12H2,1-4H3,(H,25,28)/t20-/m1/s1. The van der Waals surface area contributed by atoms with E-state index in [1.807, 2.05) is 25.1 Å². The molecule has 0 bridgehead atoms. The van der Waals surface area contributed by atoms with E-state index in [0.29, 0.717) is 41.5 Å². The number of aryl methyl sites for hydroxylation is 1. The molecule has 0 saturated heterocycles. The van der Waals surface area contributed by atoms with Crippen molar-refractivity contribution < 1.29 is 14.3 Å². The average molecular weight is 440 g/mol. The van der Waals surface area contributed by atoms with Crippen LogP contribution in [0.2, 0.25) is 0 Å². The summed E-state index contributed by atoms with van der Waals surface area (Å²) >= 11 is 1.55. The van der Waals surface area contributed by atoms with Gasteiger partial charge in [0, 0.05) is 18.0 Å². The maximum absolute atomic E-state index is 12.5. The minimum absolute atomic E-state index is 0.0883. The highest BCUT2D eigenvalue weighted by Gasteiger charge is 2.31. The lowest BCUT2D eigenvalue weighted by Crippen LogP contribution is -2.16. The van der Waals surface area contributed by atoms with E-state index in [9.17, 15) is 4.79 Å². The van der Waals surface area contributed by atoms with Crippen LogP contribution in [0.5, 0.6) is 11.5 Å². The van der Waals surface area contributed by atoms with Crippen LogP contribution in [0.4, 0.5) is 5.82 Å². The van der Waals surface area contributed by atoms with Crippen molar-refractivity contribution in [2.24, 2.45) is 5.92 Å². The van der Waals surface area contributed by atoms with Crippen LogP contribution in [0.1, 0.15) is 35.9 Å². The maximum atomic E-state index is 12.5. The van der Waals surface area contributed by atoms with Crippen LogP contribution in [0.3, 0.4) is 0 Å². The van der Waals surface area contributed by atoms with Gasteiger partial charge in [-0.05, 0) is 36.6 Å². The minimum Gasteiger partial charge on any atom is -0.493 e. The van der Waals surface area contributed by atoms with E-state index in [-0.39, 0.29) is 11.2 Å². The third-order valence-electron chi connectivity index (χ3n) is 4.81. The summed E-state index contributed by atoms with van der Waals surface area (Å²) in [7, 11) is 1.63. The zero-order valence-corrected chi connectivity index (χ0v) is 18.8. The lowest BCUT2D eigenvalue weighted by molar-refractivity contribution is -0.113. The Labute approximate surface area is 185 Å². The Balaban J connectivity index is 1.77. The molecule has 0 radical (unpaired) electrons. The molecule has 1 aliphatic rings. The molecule has 0 saturated carbocycles. The molecule has 3 heterocycles. The number of rotatable bonds is 6. The van der Waals surface area contributed by atoms with Crippen LogP contribution in [0, 0.1) is 12.8 Å². The maximum Gasteiger partial charge on any atom is 0.252 e. The lowest BCUT2D eigenvalue weighted by Gasteiger charge is -2.18. The van der Waals surface area contributed by atoms with Gasteiger partial charge in [0.1, 0.15) is 5.82 Å². The topological polar surface area (TPSA) is 91.2 Å². The summed E-state index contributed by atoms with van der Waals surface area (Å²) in [5, 5.41) is 7.51. The largest absolute Gasteiger partial charge is 0.493 e. The first-order valence-corrected chi connectivity index (χ1v) is 11.1. The number of fused-ring (bicyclic) bond motifs is 1. The van der Waals surface area contributed by atoms with Gasteiger partial charge in [-0.1, -0.05) is 19.9 Å². The fourth-order valence-electron chi connectivity index (χ4n) is 3.42. The molecule has 1 N–H and O–H groups in total. The zero-order valence-electron chi connectivity index (χ0n) is 18.0. The zero-order chi connectivity index (χ0) is 22.0. The Bertz CT molecular complexity index is 1080. The summed E-state index contributed by atoms with van der Waals surface area (Å²) in [4.78, 5) is 21.1. The molecule has 1 aliphatic heterocycles. The number of thioether (sulfide) groups is 1. The number of carbonyl (C=O) groups excluding carboxylic acids is 1. The second-order valence-electron chi connectivity index (χ2n) is 7.66. The van der Waals surface area contributed by atoms with Crippen LogP contribution in [0.25, 0.3) is 5.95 Å². The van der Waals surface area contributed by atoms with Crippen molar-refractivity contribution in [3.8, 4) is 17.4 Å². The number of benzene rings is 1. The smallest absolute Gasteiger partial charge is 0.252 e. The van der Waals surface area contributed by atoms with E-state index < -0.39 is 0 Å². The number of aromatic nitrogens is 4. The highest BCUT2D eigenvalue weighted by Crippen LogP contribution is 2.45. The van der Waals surface area contributed by atoms with E-state index in [0.717, 1.165) is 16.8 Å². The number of ether oxygens (including phenoxy) is 2. The van der Waals surface area contributed by atoms with E-state index in [1.165, 1.54) is 0 Å². The SMILES string of the molecule is COc1cc([C@H]2SCC(=O)Nc3c2c(C)nn3-c2ncccn2)ccc1OCC(C)C. The molecule has 0 fully saturated rings. The van der Waals surface area contributed by atoms with Gasteiger partial charge < -0.3 is 14.8 Å². The summed E-state index contributed by atoms with van der Waals surface area (Å²) in [6.45, 7) is 6.75. The summed E-state index contributed by atoms with van der Waals surface area (Å²) in [5.74, 6) is 3.03. The number of methoxy groups -OCH3 is 1. The Morgan fingerprint density at radius 3 is 2.74 bits per heavy atom. The molecule has 8 nitrogen and oxygen atoms in total. The molecule has 4 rings (SSSR count). The van der Waals surface area contributed by atoms with Gasteiger partial charge in [0.15, 0.2) is 11.5 Å². The molecule has 1 aromatic carbocycles. The number of anilines is 1. The van der Waals surface area contributed by atoms with Crippen LogP contribution < -0.4 is 14.8 Å². The first-order valence-electron chi connectivity index (χ1n) is 10.1. The van der Waals surface area contributed by atoms with Crippen molar-refractivity contribution in [1.29, 1.82) is 0 Å². The fraction of sp³-hybridized carbons (Fsp3) is 0.364. The predicted octanol–water partition coefficient (Wildman–Crippen LogP) is 3.79. The van der Waals surface area contributed by atoms with Gasteiger partial charge in [-0.3, -0.25) is 4.79 Å². The summed E-state index contributed by atoms with van der Waals surface area (Å²) < 4.78 is 13.1. The molecule has 3 aromatic rings. The van der Waals surface area contributed by atoms with Crippen LogP contribution in [-0.4, -0.2) is 45.1 Å². The second kappa shape index (κ2) is 8.97. The summed E-state index contributed by atoms with van der Waals surface area (Å²) in [6.07, 6.45) is 3.30. The Hall–Kier alpha value is -3.07. The minimum atomic E-state index is -0.112. The molecule has 0 aliphatic carbocycles. The molecule has 1 atom stereocenters. The predicted molar refractivity (Wildman–Crippen MR) is 120 cm³/mol. The van der Waals surface area contributed by atoms with Gasteiger partial charge >= 0.3 is 0 Å². The van der Waals surface area contributed by atoms with E-state index in [2.05, 4.69) is 34.2 Å². The van der Waals surface area contributed by atoms with Crippen molar-refractivity contribution in [2.45, 2.75) is 26.0 Å². The van der Waals surface area contributed by atoms with E-state index >= 15 is 0 Å². The van der Waals surface area contributed by atoms with Crippen LogP contribution in [-0.2, 0) is 4.79 Å². The van der Waals surface area contributed by atoms with Gasteiger partial charge in [0.2, 0.25) is 5.91 Å². The van der Waals surface area contributed by atoms with E-state index in [4.69, 9.17) is 9.47 Å². The monoisotopic (exact) mass is 439 g/mol. The highest BCUT2D eigenvalue weighted by atomic mass is 32.2. The van der Waals surface area contributed by atoms with Crippen molar-refractivity contribution >= 4 is 23.5 Å². The molecule has 31 heavy (non-hydrogen) atoms. The molecular weight excluding hydrogens is 414 g/mol. The first kappa shape index (κ1) is 21.2. The second-order valence-corrected chi connectivity index (χ2v) is 8.76. The normalized spacial score (nSPS) is 15.9. The highest BCUT2D eigenvalue weighted by molar-refractivity contribution is 8.00. The van der Waals surface area contributed by atoms with Crippen molar-refractivity contribution in [2.75, 3.05) is 24.8 Å². The molecule has 2 aromatic heterocycles. The van der Waals surface area contributed by atoms with Crippen molar-refractivity contribution in [3.05, 3.63) is 53.5 Å². The third-order valence-corrected chi connectivity index (χ3v) is 6.08.